The van der Waals surface area contributed by atoms with Crippen molar-refractivity contribution < 1.29 is 18.7 Å². The molecule has 3 nitrogen and oxygen atoms in total. The standard InChI is InChI=1S/C8H7F2NO2/c1-4-2-6(13)5(3-12)11-7(4)8(9)10/h2-3,8,13H,1H3. The lowest BCUT2D eigenvalue weighted by Gasteiger charge is -2.05. The van der Waals surface area contributed by atoms with E-state index in [1.54, 1.807) is 0 Å². The molecule has 1 N–H and O–H groups in total. The maximum absolute atomic E-state index is 12.2. The van der Waals surface area contributed by atoms with Crippen LogP contribution in [0.25, 0.3) is 0 Å². The molecule has 0 radical (unpaired) electrons. The number of nitrogens with zero attached hydrogens (tertiary/aromatic N) is 1. The monoisotopic (exact) mass is 187 g/mol. The van der Waals surface area contributed by atoms with E-state index in [2.05, 4.69) is 4.98 Å². The van der Waals surface area contributed by atoms with Crippen LogP contribution in [-0.2, 0) is 0 Å². The lowest BCUT2D eigenvalue weighted by atomic mass is 10.2. The second kappa shape index (κ2) is 3.47. The summed E-state index contributed by atoms with van der Waals surface area (Å²) in [5.74, 6) is -0.378. The van der Waals surface area contributed by atoms with Crippen molar-refractivity contribution in [2.75, 3.05) is 0 Å². The number of aromatic nitrogens is 1. The van der Waals surface area contributed by atoms with Crippen molar-refractivity contribution >= 4 is 6.29 Å². The number of hydrogen-bond donors (Lipinski definition) is 1. The molecule has 0 spiro atoms. The number of hydrogen-bond acceptors (Lipinski definition) is 3. The van der Waals surface area contributed by atoms with Crippen LogP contribution in [0.3, 0.4) is 0 Å². The fourth-order valence-electron chi connectivity index (χ4n) is 0.936. The normalized spacial score (nSPS) is 10.5. The Hall–Kier alpha value is -1.52. The molecule has 1 rings (SSSR count). The van der Waals surface area contributed by atoms with Gasteiger partial charge in [0.05, 0.1) is 0 Å². The van der Waals surface area contributed by atoms with Crippen molar-refractivity contribution in [1.82, 2.24) is 4.98 Å². The predicted molar refractivity (Wildman–Crippen MR) is 41.0 cm³/mol. The summed E-state index contributed by atoms with van der Waals surface area (Å²) in [5, 5.41) is 9.06. The number of carbonyl (C=O) groups excluding carboxylic acids is 1. The van der Waals surface area contributed by atoms with Crippen LogP contribution in [-0.4, -0.2) is 16.4 Å². The number of halogens is 2. The van der Waals surface area contributed by atoms with Crippen molar-refractivity contribution in [3.63, 3.8) is 0 Å². The van der Waals surface area contributed by atoms with Crippen LogP contribution in [0.5, 0.6) is 5.75 Å². The van der Waals surface area contributed by atoms with Gasteiger partial charge in [-0.3, -0.25) is 4.79 Å². The van der Waals surface area contributed by atoms with Gasteiger partial charge in [-0.1, -0.05) is 0 Å². The average Bonchev–Trinajstić information content (AvgIpc) is 2.03. The van der Waals surface area contributed by atoms with Crippen molar-refractivity contribution in [1.29, 1.82) is 0 Å². The van der Waals surface area contributed by atoms with Gasteiger partial charge in [-0.25, -0.2) is 13.8 Å². The molecular weight excluding hydrogens is 180 g/mol. The summed E-state index contributed by atoms with van der Waals surface area (Å²) in [4.78, 5) is 13.6. The molecule has 0 atom stereocenters. The highest BCUT2D eigenvalue weighted by Gasteiger charge is 2.15. The Labute approximate surface area is 73.0 Å². The topological polar surface area (TPSA) is 50.2 Å². The Morgan fingerprint density at radius 3 is 2.69 bits per heavy atom. The van der Waals surface area contributed by atoms with E-state index in [4.69, 9.17) is 5.11 Å². The van der Waals surface area contributed by atoms with E-state index in [-0.39, 0.29) is 23.3 Å². The minimum atomic E-state index is -2.74. The summed E-state index contributed by atoms with van der Waals surface area (Å²) in [6, 6.07) is 1.10. The Morgan fingerprint density at radius 2 is 2.23 bits per heavy atom. The molecule has 0 saturated heterocycles. The van der Waals surface area contributed by atoms with Crippen LogP contribution in [0.2, 0.25) is 0 Å². The van der Waals surface area contributed by atoms with Crippen LogP contribution < -0.4 is 0 Å². The summed E-state index contributed by atoms with van der Waals surface area (Å²) in [6.07, 6.45) is -2.50. The highest BCUT2D eigenvalue weighted by Crippen LogP contribution is 2.24. The Bertz CT molecular complexity index is 339. The van der Waals surface area contributed by atoms with Gasteiger partial charge in [0, 0.05) is 0 Å². The third kappa shape index (κ3) is 1.80. The van der Waals surface area contributed by atoms with Gasteiger partial charge in [-0.05, 0) is 18.6 Å². The van der Waals surface area contributed by atoms with E-state index < -0.39 is 12.1 Å². The molecule has 0 aromatic carbocycles. The molecule has 70 valence electrons. The molecule has 0 saturated carbocycles. The van der Waals surface area contributed by atoms with Crippen molar-refractivity contribution in [3.05, 3.63) is 23.0 Å². The Kier molecular flexibility index (Phi) is 2.55. The van der Waals surface area contributed by atoms with E-state index in [1.807, 2.05) is 0 Å². The number of rotatable bonds is 2. The van der Waals surface area contributed by atoms with Gasteiger partial charge >= 0.3 is 0 Å². The molecule has 1 aromatic rings. The molecule has 5 heteroatoms. The maximum atomic E-state index is 12.2. The van der Waals surface area contributed by atoms with Gasteiger partial charge in [0.2, 0.25) is 0 Å². The van der Waals surface area contributed by atoms with Gasteiger partial charge < -0.3 is 5.11 Å². The first kappa shape index (κ1) is 9.57. The fourth-order valence-corrected chi connectivity index (χ4v) is 0.936. The van der Waals surface area contributed by atoms with Crippen LogP contribution in [0.4, 0.5) is 8.78 Å². The number of aromatic hydroxyl groups is 1. The maximum Gasteiger partial charge on any atom is 0.280 e. The van der Waals surface area contributed by atoms with E-state index >= 15 is 0 Å². The number of alkyl halides is 2. The zero-order chi connectivity index (χ0) is 10.0. The summed E-state index contributed by atoms with van der Waals surface area (Å²) in [7, 11) is 0. The lowest BCUT2D eigenvalue weighted by Crippen LogP contribution is -1.98. The highest BCUT2D eigenvalue weighted by atomic mass is 19.3. The first-order valence-electron chi connectivity index (χ1n) is 3.50. The minimum absolute atomic E-state index is 0.165. The molecule has 0 aliphatic carbocycles. The van der Waals surface area contributed by atoms with E-state index in [0.29, 0.717) is 0 Å². The van der Waals surface area contributed by atoms with Crippen LogP contribution >= 0.6 is 0 Å². The van der Waals surface area contributed by atoms with Crippen LogP contribution in [0.15, 0.2) is 6.07 Å². The molecule has 0 unspecified atom stereocenters. The van der Waals surface area contributed by atoms with Crippen molar-refractivity contribution in [2.24, 2.45) is 0 Å². The smallest absolute Gasteiger partial charge is 0.280 e. The molecular formula is C8H7F2NO2. The van der Waals surface area contributed by atoms with Gasteiger partial charge in [0.15, 0.2) is 6.29 Å². The minimum Gasteiger partial charge on any atom is -0.506 e. The summed E-state index contributed by atoms with van der Waals surface area (Å²) >= 11 is 0. The summed E-state index contributed by atoms with van der Waals surface area (Å²) in [5.41, 5.74) is -0.668. The number of pyridine rings is 1. The second-order valence-electron chi connectivity index (χ2n) is 2.51. The van der Waals surface area contributed by atoms with Gasteiger partial charge in [-0.15, -0.1) is 0 Å². The summed E-state index contributed by atoms with van der Waals surface area (Å²) < 4.78 is 24.4. The molecule has 0 aliphatic rings. The molecule has 1 heterocycles. The zero-order valence-corrected chi connectivity index (χ0v) is 6.79. The molecule has 13 heavy (non-hydrogen) atoms. The van der Waals surface area contributed by atoms with Crippen molar-refractivity contribution in [3.8, 4) is 5.75 Å². The lowest BCUT2D eigenvalue weighted by molar-refractivity contribution is 0.111. The predicted octanol–water partition coefficient (Wildman–Crippen LogP) is 1.85. The largest absolute Gasteiger partial charge is 0.506 e. The van der Waals surface area contributed by atoms with Crippen LogP contribution in [0.1, 0.15) is 28.2 Å². The first-order chi connectivity index (χ1) is 6.06. The quantitative estimate of drug-likeness (QED) is 0.718. The van der Waals surface area contributed by atoms with Gasteiger partial charge in [0.25, 0.3) is 6.43 Å². The Morgan fingerprint density at radius 1 is 1.62 bits per heavy atom. The number of aldehydes is 1. The molecule has 1 aromatic heterocycles. The fraction of sp³-hybridized carbons (Fsp3) is 0.250. The van der Waals surface area contributed by atoms with Gasteiger partial charge in [-0.2, -0.15) is 0 Å². The van der Waals surface area contributed by atoms with Gasteiger partial charge in [0.1, 0.15) is 17.1 Å². The second-order valence-corrected chi connectivity index (χ2v) is 2.51. The average molecular weight is 187 g/mol. The molecule has 0 amide bonds. The van der Waals surface area contributed by atoms with Crippen molar-refractivity contribution in [2.45, 2.75) is 13.3 Å². The zero-order valence-electron chi connectivity index (χ0n) is 6.79. The number of aryl methyl sites for hydroxylation is 1. The third-order valence-corrected chi connectivity index (χ3v) is 1.58. The SMILES string of the molecule is Cc1cc(O)c(C=O)nc1C(F)F. The molecule has 0 aliphatic heterocycles. The molecule has 0 bridgehead atoms. The third-order valence-electron chi connectivity index (χ3n) is 1.58. The van der Waals surface area contributed by atoms with E-state index in [0.717, 1.165) is 6.07 Å². The highest BCUT2D eigenvalue weighted by molar-refractivity contribution is 5.76. The van der Waals surface area contributed by atoms with Crippen LogP contribution in [0, 0.1) is 6.92 Å². The first-order valence-corrected chi connectivity index (χ1v) is 3.50. The molecule has 0 fully saturated rings. The Balaban J connectivity index is 3.30. The number of carbonyl (C=O) groups is 1. The summed E-state index contributed by atoms with van der Waals surface area (Å²) in [6.45, 7) is 1.39. The van der Waals surface area contributed by atoms with E-state index in [1.165, 1.54) is 6.92 Å². The van der Waals surface area contributed by atoms with E-state index in [9.17, 15) is 13.6 Å².